The summed E-state index contributed by atoms with van der Waals surface area (Å²) in [6.07, 6.45) is 3.79. The zero-order valence-corrected chi connectivity index (χ0v) is 17.6. The van der Waals surface area contributed by atoms with Crippen LogP contribution in [0, 0.1) is 0 Å². The predicted octanol–water partition coefficient (Wildman–Crippen LogP) is 0.387. The summed E-state index contributed by atoms with van der Waals surface area (Å²) in [5.74, 6) is 0. The number of hydrogen-bond acceptors (Lipinski definition) is 5. The molecule has 2 aliphatic heterocycles. The van der Waals surface area contributed by atoms with Crippen LogP contribution in [0.5, 0.6) is 0 Å². The zero-order valence-electron chi connectivity index (χ0n) is 15.3. The van der Waals surface area contributed by atoms with Gasteiger partial charge in [0.15, 0.2) is 0 Å². The topological polar surface area (TPSA) is 59.7 Å². The minimum atomic E-state index is -0.268. The Labute approximate surface area is 165 Å². The average molecular weight is 464 g/mol. The van der Waals surface area contributed by atoms with Gasteiger partial charge in [0.2, 0.25) is 0 Å². The van der Waals surface area contributed by atoms with Crippen molar-refractivity contribution in [1.29, 1.82) is 0 Å². The molecule has 0 aliphatic carbocycles. The van der Waals surface area contributed by atoms with Gasteiger partial charge in [-0.2, -0.15) is 0 Å². The second-order valence-corrected chi connectivity index (χ2v) is 7.06. The number of hydrogen-bond donors (Lipinski definition) is 0. The fourth-order valence-electron chi connectivity index (χ4n) is 3.89. The molecule has 25 heavy (non-hydrogen) atoms. The minimum absolute atomic E-state index is 0. The van der Waals surface area contributed by atoms with Gasteiger partial charge in [-0.05, 0) is 32.4 Å². The van der Waals surface area contributed by atoms with E-state index in [1.54, 1.807) is 24.8 Å². The number of ether oxygens (including phenoxy) is 1. The van der Waals surface area contributed by atoms with Crippen LogP contribution in [0.15, 0.2) is 15.7 Å². The van der Waals surface area contributed by atoms with Crippen molar-refractivity contribution in [2.45, 2.75) is 38.0 Å². The normalized spacial score (nSPS) is 24.6. The van der Waals surface area contributed by atoms with E-state index in [0.29, 0.717) is 12.6 Å². The Balaban J connectivity index is 0.00000225. The highest BCUT2D eigenvalue weighted by Gasteiger charge is 2.34. The first-order valence-electron chi connectivity index (χ1n) is 8.74. The zero-order chi connectivity index (χ0) is 17.3. The molecular weight excluding hydrogens is 435 g/mol. The highest BCUT2D eigenvalue weighted by atomic mass is 127. The Morgan fingerprint density at radius 2 is 1.84 bits per heavy atom. The lowest BCUT2D eigenvalue weighted by atomic mass is 10.2. The quantitative estimate of drug-likeness (QED) is 0.591. The van der Waals surface area contributed by atoms with Crippen LogP contribution in [0.2, 0.25) is 0 Å². The van der Waals surface area contributed by atoms with Crippen LogP contribution >= 0.6 is 24.0 Å². The molecule has 1 aromatic heterocycles. The van der Waals surface area contributed by atoms with Crippen molar-refractivity contribution in [2.24, 2.45) is 14.1 Å². The highest BCUT2D eigenvalue weighted by molar-refractivity contribution is 14.0. The van der Waals surface area contributed by atoms with Gasteiger partial charge in [-0.25, -0.2) is 4.79 Å². The minimum Gasteiger partial charge on any atom is -0.380 e. The van der Waals surface area contributed by atoms with Crippen LogP contribution in [0.4, 0.5) is 0 Å². The van der Waals surface area contributed by atoms with Crippen LogP contribution in [0.3, 0.4) is 0 Å². The molecule has 0 amide bonds. The molecule has 0 aromatic carbocycles. The molecular formula is C17H29IN4O3. The van der Waals surface area contributed by atoms with Crippen molar-refractivity contribution < 1.29 is 4.74 Å². The van der Waals surface area contributed by atoms with Crippen LogP contribution < -0.4 is 11.2 Å². The molecule has 3 rings (SSSR count). The van der Waals surface area contributed by atoms with E-state index < -0.39 is 0 Å². The number of rotatable bonds is 5. The van der Waals surface area contributed by atoms with E-state index in [-0.39, 0.29) is 41.3 Å². The Hall–Kier alpha value is -0.710. The van der Waals surface area contributed by atoms with Crippen molar-refractivity contribution in [2.75, 3.05) is 33.3 Å². The van der Waals surface area contributed by atoms with Gasteiger partial charge >= 0.3 is 5.69 Å². The summed E-state index contributed by atoms with van der Waals surface area (Å²) in [6.45, 7) is 4.84. The van der Waals surface area contributed by atoms with Crippen LogP contribution in [0.1, 0.15) is 25.0 Å². The number of nitrogens with zero attached hydrogens (tertiary/aromatic N) is 4. The standard InChI is InChI=1S/C17H28N4O3.HI/c1-18-13(9-16(22)19(2)17(18)23)11-21-12-15(24-3)8-14(21)10-20-6-4-5-7-20;/h9,14-15H,4-8,10-12H2,1-3H3;1H/t14-,15-;/m0./s1. The van der Waals surface area contributed by atoms with Gasteiger partial charge < -0.3 is 9.64 Å². The molecule has 0 unspecified atom stereocenters. The molecule has 0 bridgehead atoms. The maximum atomic E-state index is 12.1. The fraction of sp³-hybridized carbons (Fsp3) is 0.765. The summed E-state index contributed by atoms with van der Waals surface area (Å²) in [5, 5.41) is 0. The maximum Gasteiger partial charge on any atom is 0.330 e. The Kier molecular flexibility index (Phi) is 7.24. The van der Waals surface area contributed by atoms with E-state index in [1.165, 1.54) is 33.0 Å². The molecule has 8 heteroatoms. The maximum absolute atomic E-state index is 12.1. The lowest BCUT2D eigenvalue weighted by Gasteiger charge is -2.28. The molecule has 2 saturated heterocycles. The van der Waals surface area contributed by atoms with Crippen molar-refractivity contribution >= 4 is 24.0 Å². The van der Waals surface area contributed by atoms with Crippen molar-refractivity contribution in [3.63, 3.8) is 0 Å². The van der Waals surface area contributed by atoms with E-state index in [0.717, 1.165) is 29.8 Å². The van der Waals surface area contributed by atoms with E-state index in [2.05, 4.69) is 9.80 Å². The highest BCUT2D eigenvalue weighted by Crippen LogP contribution is 2.24. The van der Waals surface area contributed by atoms with Crippen molar-refractivity contribution in [3.05, 3.63) is 32.6 Å². The number of methoxy groups -OCH3 is 1. The Morgan fingerprint density at radius 1 is 1.16 bits per heavy atom. The summed E-state index contributed by atoms with van der Waals surface area (Å²) >= 11 is 0. The summed E-state index contributed by atoms with van der Waals surface area (Å²) < 4.78 is 8.30. The lowest BCUT2D eigenvalue weighted by molar-refractivity contribution is 0.107. The van der Waals surface area contributed by atoms with E-state index in [4.69, 9.17) is 4.74 Å². The first-order chi connectivity index (χ1) is 11.5. The van der Waals surface area contributed by atoms with Crippen molar-refractivity contribution in [1.82, 2.24) is 18.9 Å². The molecule has 0 radical (unpaired) electrons. The first kappa shape index (κ1) is 20.6. The fourth-order valence-corrected chi connectivity index (χ4v) is 3.89. The van der Waals surface area contributed by atoms with Gasteiger partial charge in [-0.15, -0.1) is 24.0 Å². The second-order valence-electron chi connectivity index (χ2n) is 7.06. The smallest absolute Gasteiger partial charge is 0.330 e. The van der Waals surface area contributed by atoms with Gasteiger partial charge in [0, 0.05) is 58.6 Å². The molecule has 0 N–H and O–H groups in total. The monoisotopic (exact) mass is 464 g/mol. The average Bonchev–Trinajstić information content (AvgIpc) is 3.21. The summed E-state index contributed by atoms with van der Waals surface area (Å²) in [5.41, 5.74) is 0.258. The molecule has 0 saturated carbocycles. The van der Waals surface area contributed by atoms with Gasteiger partial charge in [0.25, 0.3) is 5.56 Å². The second kappa shape index (κ2) is 8.79. The van der Waals surface area contributed by atoms with E-state index >= 15 is 0 Å². The molecule has 1 aromatic rings. The van der Waals surface area contributed by atoms with Gasteiger partial charge in [-0.1, -0.05) is 0 Å². The molecule has 0 spiro atoms. The molecule has 7 nitrogen and oxygen atoms in total. The predicted molar refractivity (Wildman–Crippen MR) is 108 cm³/mol. The molecule has 2 fully saturated rings. The van der Waals surface area contributed by atoms with Crippen molar-refractivity contribution in [3.8, 4) is 0 Å². The third-order valence-electron chi connectivity index (χ3n) is 5.48. The summed E-state index contributed by atoms with van der Waals surface area (Å²) in [7, 11) is 5.01. The molecule has 2 aliphatic rings. The van der Waals surface area contributed by atoms with Gasteiger partial charge in [-0.3, -0.25) is 18.8 Å². The van der Waals surface area contributed by atoms with E-state index in [9.17, 15) is 9.59 Å². The Bertz CT molecular complexity index is 696. The molecule has 2 atom stereocenters. The SMILES string of the molecule is CO[C@H]1C[C@@H](CN2CCCC2)N(Cc2cc(=O)n(C)c(=O)n2C)C1.I. The summed E-state index contributed by atoms with van der Waals surface area (Å²) in [6, 6.07) is 1.99. The lowest BCUT2D eigenvalue weighted by Crippen LogP contribution is -2.42. The van der Waals surface area contributed by atoms with E-state index in [1.807, 2.05) is 0 Å². The van der Waals surface area contributed by atoms with Gasteiger partial charge in [0.05, 0.1) is 6.10 Å². The van der Waals surface area contributed by atoms with Crippen LogP contribution in [-0.4, -0.2) is 64.4 Å². The molecule has 3 heterocycles. The largest absolute Gasteiger partial charge is 0.380 e. The van der Waals surface area contributed by atoms with Crippen LogP contribution in [-0.2, 0) is 25.4 Å². The first-order valence-corrected chi connectivity index (χ1v) is 8.74. The Morgan fingerprint density at radius 3 is 2.48 bits per heavy atom. The van der Waals surface area contributed by atoms with Gasteiger partial charge in [0.1, 0.15) is 0 Å². The third kappa shape index (κ3) is 4.53. The molecule has 142 valence electrons. The number of likely N-dealkylation sites (tertiary alicyclic amines) is 2. The summed E-state index contributed by atoms with van der Waals surface area (Å²) in [4.78, 5) is 29.0. The number of aromatic nitrogens is 2. The third-order valence-corrected chi connectivity index (χ3v) is 5.48. The van der Waals surface area contributed by atoms with Crippen LogP contribution in [0.25, 0.3) is 0 Å². The number of halogens is 1.